The number of rotatable bonds is 4. The topological polar surface area (TPSA) is 76.4 Å². The number of nitrogens with zero attached hydrogens (tertiary/aromatic N) is 3. The Labute approximate surface area is 140 Å². The Balaban J connectivity index is 2.08. The number of anilines is 1. The summed E-state index contributed by atoms with van der Waals surface area (Å²) in [6.07, 6.45) is 0.742. The van der Waals surface area contributed by atoms with Gasteiger partial charge < -0.3 is 0 Å². The maximum atomic E-state index is 12.7. The summed E-state index contributed by atoms with van der Waals surface area (Å²) < 4.78 is 30.1. The van der Waals surface area contributed by atoms with Crippen LogP contribution >= 0.6 is 27.3 Å². The van der Waals surface area contributed by atoms with Crippen LogP contribution in [0.25, 0.3) is 4.96 Å². The fraction of sp³-hybridized carbons (Fsp3) is 0.231. The predicted octanol–water partition coefficient (Wildman–Crippen LogP) is 3.22. The second kappa shape index (κ2) is 5.64. The zero-order chi connectivity index (χ0) is 15.9. The molecule has 22 heavy (non-hydrogen) atoms. The summed E-state index contributed by atoms with van der Waals surface area (Å²) in [7, 11) is -3.77. The van der Waals surface area contributed by atoms with Crippen LogP contribution in [0.5, 0.6) is 0 Å². The fourth-order valence-corrected chi connectivity index (χ4v) is 4.74. The zero-order valence-electron chi connectivity index (χ0n) is 11.9. The monoisotopic (exact) mass is 400 g/mol. The van der Waals surface area contributed by atoms with E-state index in [0.29, 0.717) is 16.3 Å². The molecule has 6 nitrogen and oxygen atoms in total. The van der Waals surface area contributed by atoms with Crippen molar-refractivity contribution >= 4 is 47.9 Å². The second-order valence-corrected chi connectivity index (χ2v) is 8.22. The van der Waals surface area contributed by atoms with Crippen molar-refractivity contribution in [2.45, 2.75) is 25.3 Å². The number of nitrogens with one attached hydrogen (secondary N) is 1. The number of aromatic nitrogens is 3. The third-order valence-corrected chi connectivity index (χ3v) is 6.03. The van der Waals surface area contributed by atoms with Gasteiger partial charge in [-0.05, 0) is 31.5 Å². The molecule has 2 heterocycles. The van der Waals surface area contributed by atoms with Gasteiger partial charge in [-0.25, -0.2) is 4.98 Å². The highest BCUT2D eigenvalue weighted by atomic mass is 79.9. The van der Waals surface area contributed by atoms with Gasteiger partial charge in [-0.2, -0.15) is 18.0 Å². The molecule has 1 N–H and O–H groups in total. The Kier molecular flexibility index (Phi) is 3.96. The van der Waals surface area contributed by atoms with Gasteiger partial charge in [0, 0.05) is 10.2 Å². The summed E-state index contributed by atoms with van der Waals surface area (Å²) in [5.41, 5.74) is 0.915. The number of benzene rings is 1. The molecular weight excluding hydrogens is 388 g/mol. The normalized spacial score (nSPS) is 12.0. The molecule has 0 saturated carbocycles. The smallest absolute Gasteiger partial charge is 0.278 e. The summed E-state index contributed by atoms with van der Waals surface area (Å²) >= 11 is 4.72. The van der Waals surface area contributed by atoms with Crippen LogP contribution in [0.1, 0.15) is 17.6 Å². The van der Waals surface area contributed by atoms with Crippen LogP contribution < -0.4 is 4.72 Å². The van der Waals surface area contributed by atoms with E-state index in [0.717, 1.165) is 15.9 Å². The van der Waals surface area contributed by atoms with Gasteiger partial charge in [-0.15, -0.1) is 0 Å². The Morgan fingerprint density at radius 3 is 2.86 bits per heavy atom. The van der Waals surface area contributed by atoms with E-state index in [1.54, 1.807) is 25.1 Å². The van der Waals surface area contributed by atoms with Crippen molar-refractivity contribution in [2.75, 3.05) is 4.72 Å². The van der Waals surface area contributed by atoms with Gasteiger partial charge in [0.2, 0.25) is 9.99 Å². The second-order valence-electron chi connectivity index (χ2n) is 4.66. The van der Waals surface area contributed by atoms with E-state index in [1.165, 1.54) is 15.9 Å². The van der Waals surface area contributed by atoms with Crippen LogP contribution in [0.15, 0.2) is 33.8 Å². The van der Waals surface area contributed by atoms with Crippen LogP contribution in [-0.2, 0) is 16.4 Å². The highest BCUT2D eigenvalue weighted by Gasteiger charge is 2.25. The number of fused-ring (bicyclic) bond motifs is 1. The quantitative estimate of drug-likeness (QED) is 0.728. The van der Waals surface area contributed by atoms with Gasteiger partial charge in [0.05, 0.1) is 5.69 Å². The Morgan fingerprint density at radius 1 is 1.41 bits per heavy atom. The minimum absolute atomic E-state index is 0.0819. The molecule has 0 unspecified atom stereocenters. The summed E-state index contributed by atoms with van der Waals surface area (Å²) in [4.78, 5) is 4.88. The Hall–Kier alpha value is -1.45. The first-order chi connectivity index (χ1) is 10.4. The molecule has 0 fully saturated rings. The molecule has 0 radical (unpaired) electrons. The highest BCUT2D eigenvalue weighted by molar-refractivity contribution is 9.10. The van der Waals surface area contributed by atoms with Crippen LogP contribution in [-0.4, -0.2) is 23.0 Å². The first-order valence-corrected chi connectivity index (χ1v) is 9.63. The van der Waals surface area contributed by atoms with Crippen molar-refractivity contribution in [1.82, 2.24) is 14.6 Å². The van der Waals surface area contributed by atoms with Crippen molar-refractivity contribution in [3.05, 3.63) is 39.4 Å². The molecule has 2 aromatic heterocycles. The molecule has 0 amide bonds. The van der Waals surface area contributed by atoms with E-state index < -0.39 is 10.0 Å². The number of aryl methyl sites for hydroxylation is 2. The van der Waals surface area contributed by atoms with E-state index >= 15 is 0 Å². The molecule has 0 spiro atoms. The lowest BCUT2D eigenvalue weighted by atomic mass is 10.3. The third-order valence-electron chi connectivity index (χ3n) is 3.00. The number of hydrogen-bond donors (Lipinski definition) is 1. The van der Waals surface area contributed by atoms with Gasteiger partial charge in [-0.1, -0.05) is 40.3 Å². The molecular formula is C13H13BrN4O2S2. The van der Waals surface area contributed by atoms with Crippen molar-refractivity contribution in [3.8, 4) is 0 Å². The molecule has 0 saturated heterocycles. The fourth-order valence-electron chi connectivity index (χ4n) is 2.08. The maximum absolute atomic E-state index is 12.7. The van der Waals surface area contributed by atoms with Gasteiger partial charge in [0.15, 0.2) is 0 Å². The summed E-state index contributed by atoms with van der Waals surface area (Å²) in [5.74, 6) is 0. The van der Waals surface area contributed by atoms with Crippen LogP contribution in [0.3, 0.4) is 0 Å². The molecule has 0 bridgehead atoms. The summed E-state index contributed by atoms with van der Waals surface area (Å²) in [6, 6.07) is 6.98. The Bertz CT molecular complexity index is 946. The van der Waals surface area contributed by atoms with Gasteiger partial charge in [0.1, 0.15) is 5.01 Å². The Morgan fingerprint density at radius 2 is 2.18 bits per heavy atom. The molecule has 3 aromatic rings. The lowest BCUT2D eigenvalue weighted by Gasteiger charge is -2.07. The molecule has 9 heteroatoms. The van der Waals surface area contributed by atoms with Crippen molar-refractivity contribution in [3.63, 3.8) is 0 Å². The van der Waals surface area contributed by atoms with Crippen LogP contribution in [0.2, 0.25) is 0 Å². The summed E-state index contributed by atoms with van der Waals surface area (Å²) in [5, 5.41) is 5.25. The molecule has 0 aliphatic rings. The minimum atomic E-state index is -3.77. The SMILES string of the molecule is CCc1nn2c(S(=O)(=O)Nc3cccc(Br)c3)c(C)nc2s1. The molecule has 0 atom stereocenters. The molecule has 116 valence electrons. The number of imidazole rings is 1. The van der Waals surface area contributed by atoms with E-state index in [4.69, 9.17) is 0 Å². The first kappa shape index (κ1) is 15.4. The van der Waals surface area contributed by atoms with Gasteiger partial charge >= 0.3 is 0 Å². The molecule has 1 aromatic carbocycles. The van der Waals surface area contributed by atoms with Crippen molar-refractivity contribution in [2.24, 2.45) is 0 Å². The third kappa shape index (κ3) is 2.75. The summed E-state index contributed by atoms with van der Waals surface area (Å²) in [6.45, 7) is 3.64. The first-order valence-electron chi connectivity index (χ1n) is 6.54. The van der Waals surface area contributed by atoms with Gasteiger partial charge in [-0.3, -0.25) is 4.72 Å². The van der Waals surface area contributed by atoms with Crippen LogP contribution in [0, 0.1) is 6.92 Å². The van der Waals surface area contributed by atoms with Crippen molar-refractivity contribution < 1.29 is 8.42 Å². The van der Waals surface area contributed by atoms with E-state index in [2.05, 4.69) is 30.7 Å². The number of halogens is 1. The minimum Gasteiger partial charge on any atom is -0.278 e. The lowest BCUT2D eigenvalue weighted by Crippen LogP contribution is -2.16. The van der Waals surface area contributed by atoms with Gasteiger partial charge in [0.25, 0.3) is 10.0 Å². The average Bonchev–Trinajstić information content (AvgIpc) is 2.93. The maximum Gasteiger partial charge on any atom is 0.281 e. The molecule has 0 aliphatic heterocycles. The largest absolute Gasteiger partial charge is 0.281 e. The lowest BCUT2D eigenvalue weighted by molar-refractivity contribution is 0.592. The average molecular weight is 401 g/mol. The van der Waals surface area contributed by atoms with E-state index in [1.807, 2.05) is 13.0 Å². The molecule has 0 aliphatic carbocycles. The predicted molar refractivity (Wildman–Crippen MR) is 89.9 cm³/mol. The number of hydrogen-bond acceptors (Lipinski definition) is 5. The van der Waals surface area contributed by atoms with Crippen LogP contribution in [0.4, 0.5) is 5.69 Å². The standard InChI is InChI=1S/C13H13BrN4O2S2/c1-3-11-16-18-12(8(2)15-13(18)21-11)22(19,20)17-10-6-4-5-9(14)7-10/h4-7,17H,3H2,1-2H3. The van der Waals surface area contributed by atoms with Crippen molar-refractivity contribution in [1.29, 1.82) is 0 Å². The van der Waals surface area contributed by atoms with E-state index in [9.17, 15) is 8.42 Å². The zero-order valence-corrected chi connectivity index (χ0v) is 15.1. The number of sulfonamides is 1. The highest BCUT2D eigenvalue weighted by Crippen LogP contribution is 2.25. The van der Waals surface area contributed by atoms with E-state index in [-0.39, 0.29) is 5.03 Å². The molecule has 3 rings (SSSR count).